The lowest BCUT2D eigenvalue weighted by atomic mass is 10.2. The predicted octanol–water partition coefficient (Wildman–Crippen LogP) is -1.41. The number of β-amino-alcohol motifs (C(OH)–C–C–N with tert-alkyl or cyclic N) is 1. The number of aliphatic hydroxyl groups excluding tert-OH is 1. The SMILES string of the molecule is CC1CN(CC(O)CN)S(=O)(=O)C1. The molecule has 78 valence electrons. The number of hydrogen-bond donors (Lipinski definition) is 2. The summed E-state index contributed by atoms with van der Waals surface area (Å²) >= 11 is 0. The van der Waals surface area contributed by atoms with E-state index in [-0.39, 0.29) is 24.8 Å². The Morgan fingerprint density at radius 3 is 2.69 bits per heavy atom. The molecule has 0 radical (unpaired) electrons. The fourth-order valence-corrected chi connectivity index (χ4v) is 3.39. The van der Waals surface area contributed by atoms with Crippen molar-refractivity contribution in [2.45, 2.75) is 13.0 Å². The molecule has 1 aliphatic heterocycles. The zero-order valence-electron chi connectivity index (χ0n) is 7.68. The van der Waals surface area contributed by atoms with Crippen LogP contribution in [0.1, 0.15) is 6.92 Å². The number of nitrogens with zero attached hydrogens (tertiary/aromatic N) is 1. The summed E-state index contributed by atoms with van der Waals surface area (Å²) in [5.74, 6) is 0.333. The second-order valence-electron chi connectivity index (χ2n) is 3.59. The van der Waals surface area contributed by atoms with Gasteiger partial charge in [0.1, 0.15) is 0 Å². The van der Waals surface area contributed by atoms with Crippen LogP contribution in [0, 0.1) is 5.92 Å². The molecule has 0 spiro atoms. The summed E-state index contributed by atoms with van der Waals surface area (Å²) in [6.07, 6.45) is -0.750. The minimum atomic E-state index is -3.12. The van der Waals surface area contributed by atoms with E-state index in [0.29, 0.717) is 6.54 Å². The van der Waals surface area contributed by atoms with Crippen LogP contribution in [-0.2, 0) is 10.0 Å². The van der Waals surface area contributed by atoms with E-state index in [1.54, 1.807) is 0 Å². The Hall–Kier alpha value is -0.170. The zero-order valence-corrected chi connectivity index (χ0v) is 8.50. The van der Waals surface area contributed by atoms with Crippen molar-refractivity contribution in [2.75, 3.05) is 25.4 Å². The maximum atomic E-state index is 11.4. The van der Waals surface area contributed by atoms with E-state index in [0.717, 1.165) is 0 Å². The molecular formula is C7H16N2O3S. The van der Waals surface area contributed by atoms with Crippen molar-refractivity contribution in [1.29, 1.82) is 0 Å². The molecule has 2 unspecified atom stereocenters. The molecule has 0 aromatic carbocycles. The molecule has 6 heteroatoms. The van der Waals surface area contributed by atoms with Gasteiger partial charge < -0.3 is 10.8 Å². The first kappa shape index (κ1) is 10.9. The lowest BCUT2D eigenvalue weighted by molar-refractivity contribution is 0.153. The molecule has 1 heterocycles. The van der Waals surface area contributed by atoms with Crippen LogP contribution in [0.4, 0.5) is 0 Å². The quantitative estimate of drug-likeness (QED) is 0.596. The highest BCUT2D eigenvalue weighted by Crippen LogP contribution is 2.18. The molecule has 1 fully saturated rings. The van der Waals surface area contributed by atoms with Crippen LogP contribution < -0.4 is 5.73 Å². The number of nitrogens with two attached hydrogens (primary N) is 1. The predicted molar refractivity (Wildman–Crippen MR) is 49.6 cm³/mol. The maximum Gasteiger partial charge on any atom is 0.214 e. The third kappa shape index (κ3) is 2.63. The standard InChI is InChI=1S/C7H16N2O3S/c1-6-3-9(4-7(10)2-8)13(11,12)5-6/h6-7,10H,2-5,8H2,1H3. The third-order valence-electron chi connectivity index (χ3n) is 2.09. The van der Waals surface area contributed by atoms with E-state index in [2.05, 4.69) is 0 Å². The molecule has 3 N–H and O–H groups in total. The summed E-state index contributed by atoms with van der Waals surface area (Å²) in [4.78, 5) is 0. The van der Waals surface area contributed by atoms with Gasteiger partial charge in [0.15, 0.2) is 0 Å². The summed E-state index contributed by atoms with van der Waals surface area (Å²) in [6, 6.07) is 0. The van der Waals surface area contributed by atoms with Crippen molar-refractivity contribution in [3.63, 3.8) is 0 Å². The zero-order chi connectivity index (χ0) is 10.1. The Bertz CT molecular complexity index is 265. The summed E-state index contributed by atoms with van der Waals surface area (Å²) in [6.45, 7) is 2.61. The highest BCUT2D eigenvalue weighted by molar-refractivity contribution is 7.89. The van der Waals surface area contributed by atoms with Gasteiger partial charge in [-0.05, 0) is 5.92 Å². The second kappa shape index (κ2) is 3.91. The minimum Gasteiger partial charge on any atom is -0.390 e. The van der Waals surface area contributed by atoms with Gasteiger partial charge in [0, 0.05) is 19.6 Å². The van der Waals surface area contributed by atoms with Crippen LogP contribution >= 0.6 is 0 Å². The number of hydrogen-bond acceptors (Lipinski definition) is 4. The van der Waals surface area contributed by atoms with E-state index in [1.165, 1.54) is 4.31 Å². The Kier molecular flexibility index (Phi) is 3.28. The molecule has 2 atom stereocenters. The van der Waals surface area contributed by atoms with Crippen molar-refractivity contribution in [2.24, 2.45) is 11.7 Å². The van der Waals surface area contributed by atoms with Crippen LogP contribution in [0.25, 0.3) is 0 Å². The van der Waals surface area contributed by atoms with Crippen molar-refractivity contribution < 1.29 is 13.5 Å². The number of rotatable bonds is 3. The van der Waals surface area contributed by atoms with E-state index < -0.39 is 16.1 Å². The Balaban J connectivity index is 2.60. The van der Waals surface area contributed by atoms with Gasteiger partial charge in [0.25, 0.3) is 0 Å². The Labute approximate surface area is 78.6 Å². The van der Waals surface area contributed by atoms with Gasteiger partial charge >= 0.3 is 0 Å². The summed E-state index contributed by atoms with van der Waals surface area (Å²) in [5.41, 5.74) is 5.20. The van der Waals surface area contributed by atoms with E-state index >= 15 is 0 Å². The van der Waals surface area contributed by atoms with Crippen LogP contribution in [0.2, 0.25) is 0 Å². The van der Waals surface area contributed by atoms with Crippen LogP contribution in [-0.4, -0.2) is 49.3 Å². The number of aliphatic hydroxyl groups is 1. The molecule has 0 bridgehead atoms. The van der Waals surface area contributed by atoms with Crippen LogP contribution in [0.5, 0.6) is 0 Å². The minimum absolute atomic E-state index is 0.0976. The monoisotopic (exact) mass is 208 g/mol. The van der Waals surface area contributed by atoms with Crippen molar-refractivity contribution in [3.05, 3.63) is 0 Å². The maximum absolute atomic E-state index is 11.4. The summed E-state index contributed by atoms with van der Waals surface area (Å²) in [7, 11) is -3.12. The van der Waals surface area contributed by atoms with Gasteiger partial charge in [-0.1, -0.05) is 6.92 Å². The van der Waals surface area contributed by atoms with Crippen molar-refractivity contribution in [1.82, 2.24) is 4.31 Å². The van der Waals surface area contributed by atoms with Gasteiger partial charge in [-0.15, -0.1) is 0 Å². The Morgan fingerprint density at radius 1 is 1.69 bits per heavy atom. The average Bonchev–Trinajstić information content (AvgIpc) is 2.24. The lowest BCUT2D eigenvalue weighted by Gasteiger charge is -2.17. The molecular weight excluding hydrogens is 192 g/mol. The van der Waals surface area contributed by atoms with Crippen molar-refractivity contribution >= 4 is 10.0 Å². The van der Waals surface area contributed by atoms with Crippen LogP contribution in [0.15, 0.2) is 0 Å². The highest BCUT2D eigenvalue weighted by atomic mass is 32.2. The van der Waals surface area contributed by atoms with Crippen LogP contribution in [0.3, 0.4) is 0 Å². The van der Waals surface area contributed by atoms with E-state index in [9.17, 15) is 13.5 Å². The fraction of sp³-hybridized carbons (Fsp3) is 1.00. The third-order valence-corrected chi connectivity index (χ3v) is 4.17. The first-order chi connectivity index (χ1) is 5.95. The molecule has 13 heavy (non-hydrogen) atoms. The second-order valence-corrected chi connectivity index (χ2v) is 5.60. The average molecular weight is 208 g/mol. The fourth-order valence-electron chi connectivity index (χ4n) is 1.48. The van der Waals surface area contributed by atoms with Gasteiger partial charge in [-0.2, -0.15) is 4.31 Å². The smallest absolute Gasteiger partial charge is 0.214 e. The van der Waals surface area contributed by atoms with Crippen molar-refractivity contribution in [3.8, 4) is 0 Å². The van der Waals surface area contributed by atoms with Gasteiger partial charge in [-0.3, -0.25) is 0 Å². The van der Waals surface area contributed by atoms with Gasteiger partial charge in [0.05, 0.1) is 11.9 Å². The highest BCUT2D eigenvalue weighted by Gasteiger charge is 2.34. The molecule has 0 aliphatic carbocycles. The number of sulfonamides is 1. The van der Waals surface area contributed by atoms with E-state index in [1.807, 2.05) is 6.92 Å². The largest absolute Gasteiger partial charge is 0.390 e. The molecule has 0 saturated carbocycles. The first-order valence-corrected chi connectivity index (χ1v) is 5.92. The lowest BCUT2D eigenvalue weighted by Crippen LogP contribution is -2.37. The normalized spacial score (nSPS) is 30.5. The first-order valence-electron chi connectivity index (χ1n) is 4.31. The van der Waals surface area contributed by atoms with E-state index in [4.69, 9.17) is 5.73 Å². The molecule has 0 aromatic heterocycles. The molecule has 5 nitrogen and oxygen atoms in total. The van der Waals surface area contributed by atoms with Gasteiger partial charge in [-0.25, -0.2) is 8.42 Å². The summed E-state index contributed by atoms with van der Waals surface area (Å²) < 4.78 is 24.1. The molecule has 0 amide bonds. The molecule has 1 rings (SSSR count). The molecule has 1 saturated heterocycles. The molecule has 1 aliphatic rings. The van der Waals surface area contributed by atoms with Gasteiger partial charge in [0.2, 0.25) is 10.0 Å². The topological polar surface area (TPSA) is 83.6 Å². The molecule has 0 aromatic rings. The summed E-state index contributed by atoms with van der Waals surface area (Å²) in [5, 5.41) is 9.21. The Morgan fingerprint density at radius 2 is 2.31 bits per heavy atom.